The molecule has 8 heteroatoms. The first kappa shape index (κ1) is 17.8. The summed E-state index contributed by atoms with van der Waals surface area (Å²) in [6.07, 6.45) is 3.20. The van der Waals surface area contributed by atoms with Gasteiger partial charge in [-0.1, -0.05) is 17.3 Å². The Balaban J connectivity index is 1.38. The van der Waals surface area contributed by atoms with E-state index in [9.17, 15) is 9.59 Å². The molecule has 0 bridgehead atoms. The summed E-state index contributed by atoms with van der Waals surface area (Å²) in [4.78, 5) is 36.9. The lowest BCUT2D eigenvalue weighted by atomic mass is 10.1. The van der Waals surface area contributed by atoms with Gasteiger partial charge in [0, 0.05) is 56.6 Å². The van der Waals surface area contributed by atoms with Crippen LogP contribution in [0.25, 0.3) is 11.4 Å². The highest BCUT2D eigenvalue weighted by atomic mass is 16.5. The molecule has 3 heterocycles. The van der Waals surface area contributed by atoms with Crippen LogP contribution in [0.3, 0.4) is 0 Å². The summed E-state index contributed by atoms with van der Waals surface area (Å²) < 4.78 is 4.98. The van der Waals surface area contributed by atoms with Gasteiger partial charge in [0.1, 0.15) is 0 Å². The molecule has 28 heavy (non-hydrogen) atoms. The predicted molar refractivity (Wildman–Crippen MR) is 101 cm³/mol. The largest absolute Gasteiger partial charge is 0.339 e. The summed E-state index contributed by atoms with van der Waals surface area (Å²) in [5, 5.41) is 3.88. The minimum atomic E-state index is -0.0556. The second-order valence-electron chi connectivity index (χ2n) is 6.54. The van der Waals surface area contributed by atoms with Gasteiger partial charge in [-0.25, -0.2) is 0 Å². The van der Waals surface area contributed by atoms with Crippen molar-refractivity contribution in [2.24, 2.45) is 0 Å². The molecule has 1 aliphatic rings. The van der Waals surface area contributed by atoms with E-state index in [0.717, 1.165) is 5.56 Å². The second-order valence-corrected chi connectivity index (χ2v) is 6.54. The number of rotatable bonds is 3. The van der Waals surface area contributed by atoms with Crippen LogP contribution in [0, 0.1) is 6.92 Å². The van der Waals surface area contributed by atoms with Crippen LogP contribution in [-0.2, 0) is 0 Å². The molecule has 0 aliphatic carbocycles. The molecule has 0 radical (unpaired) electrons. The first-order valence-electron chi connectivity index (χ1n) is 9.01. The van der Waals surface area contributed by atoms with Gasteiger partial charge in [-0.3, -0.25) is 14.6 Å². The van der Waals surface area contributed by atoms with E-state index in [1.165, 1.54) is 0 Å². The first-order chi connectivity index (χ1) is 13.6. The fourth-order valence-corrected chi connectivity index (χ4v) is 3.15. The Morgan fingerprint density at radius 3 is 2.11 bits per heavy atom. The van der Waals surface area contributed by atoms with Crippen LogP contribution < -0.4 is 0 Å². The standard InChI is InChI=1S/C20H19N5O3/c1-14-22-18(23-28-14)15-4-6-16(7-5-15)19(26)24-9-11-25(12-10-24)20(27)17-3-2-8-21-13-17/h2-8,13H,9-12H2,1H3. The fourth-order valence-electron chi connectivity index (χ4n) is 3.15. The van der Waals surface area contributed by atoms with Gasteiger partial charge in [-0.05, 0) is 24.3 Å². The van der Waals surface area contributed by atoms with Crippen LogP contribution in [0.5, 0.6) is 0 Å². The summed E-state index contributed by atoms with van der Waals surface area (Å²) in [5.41, 5.74) is 1.95. The highest BCUT2D eigenvalue weighted by molar-refractivity contribution is 5.96. The van der Waals surface area contributed by atoms with Crippen molar-refractivity contribution in [1.82, 2.24) is 24.9 Å². The molecular formula is C20H19N5O3. The van der Waals surface area contributed by atoms with E-state index in [0.29, 0.717) is 49.0 Å². The Morgan fingerprint density at radius 2 is 1.57 bits per heavy atom. The second kappa shape index (κ2) is 7.59. The van der Waals surface area contributed by atoms with Crippen LogP contribution >= 0.6 is 0 Å². The number of benzene rings is 1. The van der Waals surface area contributed by atoms with Crippen molar-refractivity contribution in [1.29, 1.82) is 0 Å². The number of carbonyl (C=O) groups is 2. The van der Waals surface area contributed by atoms with Crippen molar-refractivity contribution in [3.05, 3.63) is 65.8 Å². The quantitative estimate of drug-likeness (QED) is 0.694. The molecule has 0 spiro atoms. The van der Waals surface area contributed by atoms with E-state index in [1.54, 1.807) is 65.5 Å². The summed E-state index contributed by atoms with van der Waals surface area (Å²) in [6.45, 7) is 3.72. The number of hydrogen-bond acceptors (Lipinski definition) is 6. The van der Waals surface area contributed by atoms with Gasteiger partial charge < -0.3 is 14.3 Å². The van der Waals surface area contributed by atoms with E-state index in [2.05, 4.69) is 15.1 Å². The SMILES string of the molecule is Cc1nc(-c2ccc(C(=O)N3CCN(C(=O)c4cccnc4)CC3)cc2)no1. The number of aryl methyl sites for hydroxylation is 1. The van der Waals surface area contributed by atoms with E-state index in [1.807, 2.05) is 0 Å². The zero-order chi connectivity index (χ0) is 19.5. The molecule has 1 aliphatic heterocycles. The number of amides is 2. The Morgan fingerprint density at radius 1 is 0.929 bits per heavy atom. The zero-order valence-electron chi connectivity index (χ0n) is 15.4. The number of piperazine rings is 1. The summed E-state index contributed by atoms with van der Waals surface area (Å²) in [7, 11) is 0. The zero-order valence-corrected chi connectivity index (χ0v) is 15.4. The van der Waals surface area contributed by atoms with Crippen molar-refractivity contribution in [2.75, 3.05) is 26.2 Å². The van der Waals surface area contributed by atoms with Crippen LogP contribution in [0.15, 0.2) is 53.3 Å². The Kier molecular flexibility index (Phi) is 4.84. The monoisotopic (exact) mass is 377 g/mol. The number of aromatic nitrogens is 3. The molecule has 2 aromatic heterocycles. The van der Waals surface area contributed by atoms with E-state index < -0.39 is 0 Å². The molecular weight excluding hydrogens is 358 g/mol. The van der Waals surface area contributed by atoms with E-state index >= 15 is 0 Å². The summed E-state index contributed by atoms with van der Waals surface area (Å²) in [6, 6.07) is 10.6. The average Bonchev–Trinajstić information content (AvgIpc) is 3.20. The molecule has 0 atom stereocenters. The Hall–Kier alpha value is -3.55. The number of carbonyl (C=O) groups excluding carboxylic acids is 2. The summed E-state index contributed by atoms with van der Waals surface area (Å²) >= 11 is 0. The molecule has 4 rings (SSSR count). The molecule has 3 aromatic rings. The molecule has 8 nitrogen and oxygen atoms in total. The molecule has 1 fully saturated rings. The van der Waals surface area contributed by atoms with E-state index in [-0.39, 0.29) is 11.8 Å². The van der Waals surface area contributed by atoms with Gasteiger partial charge in [0.15, 0.2) is 0 Å². The van der Waals surface area contributed by atoms with Crippen molar-refractivity contribution >= 4 is 11.8 Å². The van der Waals surface area contributed by atoms with Gasteiger partial charge >= 0.3 is 0 Å². The topological polar surface area (TPSA) is 92.4 Å². The maximum atomic E-state index is 12.8. The Bertz CT molecular complexity index is 977. The molecule has 1 aromatic carbocycles. The minimum Gasteiger partial charge on any atom is -0.339 e. The molecule has 2 amide bonds. The molecule has 0 unspecified atom stereocenters. The summed E-state index contributed by atoms with van der Waals surface area (Å²) in [5.74, 6) is 0.886. The molecule has 1 saturated heterocycles. The number of hydrogen-bond donors (Lipinski definition) is 0. The van der Waals surface area contributed by atoms with Gasteiger partial charge in [-0.2, -0.15) is 4.98 Å². The van der Waals surface area contributed by atoms with Crippen molar-refractivity contribution < 1.29 is 14.1 Å². The van der Waals surface area contributed by atoms with Crippen molar-refractivity contribution in [2.45, 2.75) is 6.92 Å². The molecule has 0 N–H and O–H groups in total. The van der Waals surface area contributed by atoms with Gasteiger partial charge in [0.25, 0.3) is 11.8 Å². The third-order valence-electron chi connectivity index (χ3n) is 4.68. The van der Waals surface area contributed by atoms with E-state index in [4.69, 9.17) is 4.52 Å². The Labute approximate surface area is 161 Å². The number of nitrogens with zero attached hydrogens (tertiary/aromatic N) is 5. The van der Waals surface area contributed by atoms with Crippen molar-refractivity contribution in [3.8, 4) is 11.4 Å². The lowest BCUT2D eigenvalue weighted by Gasteiger charge is -2.34. The predicted octanol–water partition coefficient (Wildman–Crippen LogP) is 2.04. The van der Waals surface area contributed by atoms with Crippen molar-refractivity contribution in [3.63, 3.8) is 0 Å². The number of pyridine rings is 1. The maximum absolute atomic E-state index is 12.8. The van der Waals surface area contributed by atoms with Gasteiger partial charge in [0.05, 0.1) is 5.56 Å². The lowest BCUT2D eigenvalue weighted by molar-refractivity contribution is 0.0535. The highest BCUT2D eigenvalue weighted by Gasteiger charge is 2.25. The third-order valence-corrected chi connectivity index (χ3v) is 4.68. The van der Waals surface area contributed by atoms with Gasteiger partial charge in [0.2, 0.25) is 11.7 Å². The third kappa shape index (κ3) is 3.62. The normalized spacial score (nSPS) is 14.2. The maximum Gasteiger partial charge on any atom is 0.255 e. The minimum absolute atomic E-state index is 0.0516. The highest BCUT2D eigenvalue weighted by Crippen LogP contribution is 2.18. The van der Waals surface area contributed by atoms with Crippen LogP contribution in [-0.4, -0.2) is 62.9 Å². The van der Waals surface area contributed by atoms with Crippen LogP contribution in [0.1, 0.15) is 26.6 Å². The first-order valence-corrected chi connectivity index (χ1v) is 9.01. The lowest BCUT2D eigenvalue weighted by Crippen LogP contribution is -2.50. The average molecular weight is 377 g/mol. The fraction of sp³-hybridized carbons (Fsp3) is 0.250. The molecule has 0 saturated carbocycles. The van der Waals surface area contributed by atoms with Crippen LogP contribution in [0.2, 0.25) is 0 Å². The molecule has 142 valence electrons. The smallest absolute Gasteiger partial charge is 0.255 e. The van der Waals surface area contributed by atoms with Gasteiger partial charge in [-0.15, -0.1) is 0 Å². The van der Waals surface area contributed by atoms with Crippen LogP contribution in [0.4, 0.5) is 0 Å².